The molecule has 6 unspecified atom stereocenters. The van der Waals surface area contributed by atoms with Crippen molar-refractivity contribution in [2.75, 3.05) is 13.2 Å². The van der Waals surface area contributed by atoms with Crippen LogP contribution in [0.3, 0.4) is 0 Å². The number of aliphatic hydroxyl groups excluding tert-OH is 2. The Morgan fingerprint density at radius 2 is 0.778 bits per heavy atom. The van der Waals surface area contributed by atoms with Crippen molar-refractivity contribution in [3.8, 4) is 0 Å². The van der Waals surface area contributed by atoms with Crippen molar-refractivity contribution in [1.82, 2.24) is 0 Å². The molecule has 0 amide bonds. The summed E-state index contributed by atoms with van der Waals surface area (Å²) in [6.07, 6.45) is 63.4. The number of aliphatic hydroxyl groups is 2. The van der Waals surface area contributed by atoms with Gasteiger partial charge in [0.25, 0.3) is 0 Å². The van der Waals surface area contributed by atoms with E-state index in [0.717, 1.165) is 122 Å². The van der Waals surface area contributed by atoms with E-state index in [9.17, 15) is 34.5 Å². The average molecular weight is 1130 g/mol. The molecule has 0 radical (unpaired) electrons. The Bertz CT molecular complexity index is 1820. The van der Waals surface area contributed by atoms with E-state index >= 15 is 0 Å². The number of aliphatic carboxylic acids is 1. The number of hydrogen-bond donors (Lipinski definition) is 3. The largest absolute Gasteiger partial charge is 0.479 e. The molecule has 0 bridgehead atoms. The first-order chi connectivity index (χ1) is 39.6. The summed E-state index contributed by atoms with van der Waals surface area (Å²) in [6, 6.07) is 0. The lowest BCUT2D eigenvalue weighted by Crippen LogP contribution is -2.61. The third-order valence-electron chi connectivity index (χ3n) is 13.8. The number of esters is 3. The molecule has 0 aliphatic carbocycles. The highest BCUT2D eigenvalue weighted by Crippen LogP contribution is 2.26. The van der Waals surface area contributed by atoms with Gasteiger partial charge in [-0.2, -0.15) is 0 Å². The van der Waals surface area contributed by atoms with Crippen molar-refractivity contribution < 1.29 is 58.2 Å². The van der Waals surface area contributed by atoms with Crippen molar-refractivity contribution in [2.24, 2.45) is 0 Å². The number of allylic oxidation sites excluding steroid dienone is 18. The molecule has 0 spiro atoms. The zero-order valence-corrected chi connectivity index (χ0v) is 50.7. The molecule has 12 heteroatoms. The Kier molecular flexibility index (Phi) is 51.3. The predicted molar refractivity (Wildman–Crippen MR) is 330 cm³/mol. The lowest BCUT2D eigenvalue weighted by Gasteiger charge is -2.40. The third-order valence-corrected chi connectivity index (χ3v) is 13.8. The number of rotatable bonds is 53. The maximum Gasteiger partial charge on any atom is 0.335 e. The van der Waals surface area contributed by atoms with E-state index in [2.05, 4.69) is 130 Å². The van der Waals surface area contributed by atoms with E-state index in [4.69, 9.17) is 23.7 Å². The van der Waals surface area contributed by atoms with Gasteiger partial charge >= 0.3 is 23.9 Å². The van der Waals surface area contributed by atoms with E-state index in [1.165, 1.54) is 70.6 Å². The molecule has 460 valence electrons. The van der Waals surface area contributed by atoms with Crippen molar-refractivity contribution in [2.45, 2.75) is 289 Å². The smallest absolute Gasteiger partial charge is 0.335 e. The summed E-state index contributed by atoms with van der Waals surface area (Å²) in [6.45, 7) is 5.73. The van der Waals surface area contributed by atoms with E-state index in [1.54, 1.807) is 0 Å². The molecule has 1 rings (SSSR count). The van der Waals surface area contributed by atoms with Gasteiger partial charge in [0.1, 0.15) is 18.8 Å². The first-order valence-corrected chi connectivity index (χ1v) is 31.9. The maximum atomic E-state index is 13.2. The Balaban J connectivity index is 2.70. The highest BCUT2D eigenvalue weighted by Gasteiger charge is 2.50. The van der Waals surface area contributed by atoms with E-state index in [-0.39, 0.29) is 25.9 Å². The summed E-state index contributed by atoms with van der Waals surface area (Å²) in [5, 5.41) is 31.5. The Labute approximate surface area is 491 Å². The molecule has 3 N–H and O–H groups in total. The summed E-state index contributed by atoms with van der Waals surface area (Å²) in [5.74, 6) is -3.21. The van der Waals surface area contributed by atoms with Crippen LogP contribution in [0.1, 0.15) is 252 Å². The number of carbonyl (C=O) groups excluding carboxylic acids is 3. The standard InChI is InChI=1S/C69H112O12/c1-4-7-10-13-16-19-22-25-27-29-31-33-35-38-40-43-46-49-52-55-61(70)77-58-60(79-62(71)56-53-50-47-44-42-39-36-34-32-30-28-26-23-20-17-14-11-8-5-2)59-78-69-67(65(74)64(73)66(81-69)68(75)76)80-63(72)57-54-51-48-45-41-37-24-21-18-15-12-9-6-3/h7,9-10,12,16,18-19,21,25-28,31,33,37-38,40-41,60,64-67,69,73-74H,4-6,8,11,13-15,17,20,22-24,29-30,32,34-36,39,42-59H2,1-3H3,(H,75,76)/b10-7-,12-9-,19-16-,21-18-,27-25-,28-26-,33-31-,40-38-,41-37-. The zero-order chi connectivity index (χ0) is 58.9. The summed E-state index contributed by atoms with van der Waals surface area (Å²) in [7, 11) is 0. The van der Waals surface area contributed by atoms with Crippen LogP contribution in [0.15, 0.2) is 109 Å². The normalized spacial score (nSPS) is 18.5. The van der Waals surface area contributed by atoms with Crippen LogP contribution in [-0.2, 0) is 42.9 Å². The number of carboxylic acid groups (broad SMARTS) is 1. The van der Waals surface area contributed by atoms with Crippen molar-refractivity contribution in [3.63, 3.8) is 0 Å². The van der Waals surface area contributed by atoms with Crippen LogP contribution in [0.4, 0.5) is 0 Å². The topological polar surface area (TPSA) is 175 Å². The second-order valence-corrected chi connectivity index (χ2v) is 21.3. The molecule has 1 aliphatic heterocycles. The molecule has 6 atom stereocenters. The highest BCUT2D eigenvalue weighted by molar-refractivity contribution is 5.74. The van der Waals surface area contributed by atoms with Gasteiger partial charge in [-0.05, 0) is 122 Å². The summed E-state index contributed by atoms with van der Waals surface area (Å²) < 4.78 is 28.4. The second-order valence-electron chi connectivity index (χ2n) is 21.3. The van der Waals surface area contributed by atoms with Gasteiger partial charge in [0.05, 0.1) is 6.61 Å². The van der Waals surface area contributed by atoms with Crippen LogP contribution in [0.25, 0.3) is 0 Å². The minimum Gasteiger partial charge on any atom is -0.479 e. The third kappa shape index (κ3) is 45.6. The molecule has 0 aromatic rings. The van der Waals surface area contributed by atoms with Crippen LogP contribution >= 0.6 is 0 Å². The van der Waals surface area contributed by atoms with Gasteiger partial charge in [-0.1, -0.05) is 220 Å². The number of carbonyl (C=O) groups is 4. The number of hydrogen-bond acceptors (Lipinski definition) is 11. The van der Waals surface area contributed by atoms with Gasteiger partial charge in [-0.25, -0.2) is 4.79 Å². The van der Waals surface area contributed by atoms with Crippen LogP contribution in [0.2, 0.25) is 0 Å². The molecule has 0 saturated carbocycles. The molecular formula is C69H112O12. The quantitative estimate of drug-likeness (QED) is 0.0228. The van der Waals surface area contributed by atoms with Crippen LogP contribution in [0.5, 0.6) is 0 Å². The van der Waals surface area contributed by atoms with Crippen molar-refractivity contribution >= 4 is 23.9 Å². The predicted octanol–water partition coefficient (Wildman–Crippen LogP) is 17.0. The molecule has 1 aliphatic rings. The first kappa shape index (κ1) is 74.4. The minimum absolute atomic E-state index is 0.0170. The minimum atomic E-state index is -1.92. The zero-order valence-electron chi connectivity index (χ0n) is 50.7. The maximum absolute atomic E-state index is 13.2. The van der Waals surface area contributed by atoms with Crippen molar-refractivity contribution in [3.05, 3.63) is 109 Å². The monoisotopic (exact) mass is 1130 g/mol. The van der Waals surface area contributed by atoms with E-state index in [1.807, 2.05) is 0 Å². The van der Waals surface area contributed by atoms with Crippen LogP contribution in [0, 0.1) is 0 Å². The van der Waals surface area contributed by atoms with Gasteiger partial charge in [-0.3, -0.25) is 14.4 Å². The number of carboxylic acids is 1. The first-order valence-electron chi connectivity index (χ1n) is 31.9. The molecule has 0 aromatic heterocycles. The molecule has 12 nitrogen and oxygen atoms in total. The second kappa shape index (κ2) is 55.9. The molecule has 0 aromatic carbocycles. The van der Waals surface area contributed by atoms with Gasteiger partial charge in [0, 0.05) is 19.3 Å². The molecule has 1 saturated heterocycles. The number of ether oxygens (including phenoxy) is 5. The van der Waals surface area contributed by atoms with Crippen molar-refractivity contribution in [1.29, 1.82) is 0 Å². The SMILES string of the molecule is CC/C=C\C/C=C\C/C=C\C/C=C\C/C=C\CCCCCC(=O)OCC(COC1OC(C(=O)O)C(O)C(O)C1OC(=O)CCCCC/C=C\C/C=C\C/C=C\CC)OC(=O)CCCCCCCCCCC/C=C\CCCCCCCC. The fourth-order valence-corrected chi connectivity index (χ4v) is 8.99. The van der Waals surface area contributed by atoms with Crippen LogP contribution < -0.4 is 0 Å². The Morgan fingerprint density at radius 3 is 1.21 bits per heavy atom. The van der Waals surface area contributed by atoms with Gasteiger partial charge in [0.2, 0.25) is 0 Å². The summed E-state index contributed by atoms with van der Waals surface area (Å²) >= 11 is 0. The number of unbranched alkanes of at least 4 members (excludes halogenated alkanes) is 21. The van der Waals surface area contributed by atoms with Gasteiger partial charge in [0.15, 0.2) is 24.6 Å². The lowest BCUT2D eigenvalue weighted by atomic mass is 9.98. The molecular weight excluding hydrogens is 1020 g/mol. The Morgan fingerprint density at radius 1 is 0.420 bits per heavy atom. The fraction of sp³-hybridized carbons (Fsp3) is 0.681. The lowest BCUT2D eigenvalue weighted by molar-refractivity contribution is -0.301. The highest BCUT2D eigenvalue weighted by atomic mass is 16.7. The molecule has 1 heterocycles. The molecule has 81 heavy (non-hydrogen) atoms. The fourth-order valence-electron chi connectivity index (χ4n) is 8.99. The Hall–Kier alpha value is -4.62. The average Bonchev–Trinajstić information content (AvgIpc) is 3.46. The van der Waals surface area contributed by atoms with E-state index < -0.39 is 67.3 Å². The molecule has 1 fully saturated rings. The summed E-state index contributed by atoms with van der Waals surface area (Å²) in [4.78, 5) is 51.3. The van der Waals surface area contributed by atoms with E-state index in [0.29, 0.717) is 19.3 Å². The van der Waals surface area contributed by atoms with Gasteiger partial charge < -0.3 is 39.0 Å². The summed E-state index contributed by atoms with van der Waals surface area (Å²) in [5.41, 5.74) is 0. The van der Waals surface area contributed by atoms with Crippen LogP contribution in [-0.4, -0.2) is 89.2 Å². The van der Waals surface area contributed by atoms with Gasteiger partial charge in [-0.15, -0.1) is 0 Å².